The monoisotopic (exact) mass is 322 g/mol. The summed E-state index contributed by atoms with van der Waals surface area (Å²) in [7, 11) is 0. The van der Waals surface area contributed by atoms with Crippen LogP contribution in [0, 0.1) is 0 Å². The third kappa shape index (κ3) is 3.57. The fraction of sp³-hybridized carbons (Fsp3) is 0.400. The molecule has 1 saturated heterocycles. The van der Waals surface area contributed by atoms with Gasteiger partial charge < -0.3 is 15.4 Å². The average molecular weight is 322 g/mol. The highest BCUT2D eigenvalue weighted by Crippen LogP contribution is 2.23. The molecule has 0 amide bonds. The first-order valence-corrected chi connectivity index (χ1v) is 7.45. The Morgan fingerprint density at radius 1 is 1.24 bits per heavy atom. The van der Waals surface area contributed by atoms with E-state index in [9.17, 15) is 4.79 Å². The Morgan fingerprint density at radius 2 is 1.86 bits per heavy atom. The summed E-state index contributed by atoms with van der Waals surface area (Å²) < 4.78 is 5.53. The normalized spacial score (nSPS) is 21.7. The van der Waals surface area contributed by atoms with Crippen LogP contribution in [0.15, 0.2) is 30.3 Å². The molecule has 1 atom stereocenters. The molecule has 1 aromatic rings. The summed E-state index contributed by atoms with van der Waals surface area (Å²) in [5, 5.41) is 6.19. The summed E-state index contributed by atoms with van der Waals surface area (Å²) in [6, 6.07) is 9.65. The van der Waals surface area contributed by atoms with Gasteiger partial charge in [-0.1, -0.05) is 42.5 Å². The highest BCUT2D eigenvalue weighted by molar-refractivity contribution is 7.82. The molecule has 6 heteroatoms. The van der Waals surface area contributed by atoms with E-state index < -0.39 is 17.1 Å². The Labute approximate surface area is 135 Å². The van der Waals surface area contributed by atoms with Crippen molar-refractivity contribution in [2.24, 2.45) is 0 Å². The number of benzene rings is 1. The minimum absolute atomic E-state index is 0.349. The van der Waals surface area contributed by atoms with Crippen molar-refractivity contribution in [2.75, 3.05) is 0 Å². The van der Waals surface area contributed by atoms with E-state index in [1.54, 1.807) is 0 Å². The van der Waals surface area contributed by atoms with Crippen LogP contribution in [0.25, 0.3) is 0 Å². The number of rotatable bonds is 3. The van der Waals surface area contributed by atoms with Gasteiger partial charge >= 0.3 is 5.97 Å². The minimum Gasteiger partial charge on any atom is -0.458 e. The molecule has 2 N–H and O–H groups in total. The molecule has 1 aliphatic rings. The molecule has 21 heavy (non-hydrogen) atoms. The zero-order valence-corrected chi connectivity index (χ0v) is 13.9. The van der Waals surface area contributed by atoms with Gasteiger partial charge in [-0.3, -0.25) is 0 Å². The quantitative estimate of drug-likeness (QED) is 0.657. The Morgan fingerprint density at radius 3 is 2.33 bits per heavy atom. The lowest BCUT2D eigenvalue weighted by molar-refractivity contribution is -0.159. The number of esters is 1. The van der Waals surface area contributed by atoms with E-state index >= 15 is 0 Å². The molecule has 4 nitrogen and oxygen atoms in total. The second-order valence-corrected chi connectivity index (χ2v) is 6.79. The van der Waals surface area contributed by atoms with Crippen LogP contribution in [-0.4, -0.2) is 27.2 Å². The zero-order chi connectivity index (χ0) is 15.7. The maximum absolute atomic E-state index is 12.7. The molecule has 0 saturated carbocycles. The van der Waals surface area contributed by atoms with Crippen molar-refractivity contribution in [1.82, 2.24) is 10.6 Å². The molecule has 0 aliphatic carbocycles. The predicted octanol–water partition coefficient (Wildman–Crippen LogP) is 2.11. The van der Waals surface area contributed by atoms with E-state index in [4.69, 9.17) is 29.2 Å². The lowest BCUT2D eigenvalue weighted by Gasteiger charge is -2.30. The SMILES string of the molecule is CC(C)(C)OC(=O)C1(Cc2ccccc2)NC(=S)NC1=S. The van der Waals surface area contributed by atoms with Crippen LogP contribution in [0.3, 0.4) is 0 Å². The standard InChI is InChI=1S/C15H18N2O2S2/c1-14(2,3)19-12(18)15(11(20)16-13(21)17-15)9-10-7-5-4-6-8-10/h4-8H,9H2,1-3H3,(H2,16,17,20,21). The molecular weight excluding hydrogens is 304 g/mol. The number of ether oxygens (including phenoxy) is 1. The molecule has 0 radical (unpaired) electrons. The Kier molecular flexibility index (Phi) is 4.30. The number of thiocarbonyl (C=S) groups is 2. The maximum Gasteiger partial charge on any atom is 0.339 e. The molecular formula is C15H18N2O2S2. The second kappa shape index (κ2) is 5.69. The molecule has 1 aromatic carbocycles. The fourth-order valence-electron chi connectivity index (χ4n) is 2.10. The van der Waals surface area contributed by atoms with E-state index in [0.717, 1.165) is 5.56 Å². The van der Waals surface area contributed by atoms with E-state index in [0.29, 0.717) is 16.5 Å². The summed E-state index contributed by atoms with van der Waals surface area (Å²) >= 11 is 10.4. The van der Waals surface area contributed by atoms with Gasteiger partial charge in [0.15, 0.2) is 10.7 Å². The second-order valence-electron chi connectivity index (χ2n) is 5.98. The first-order chi connectivity index (χ1) is 9.73. The van der Waals surface area contributed by atoms with Crippen LogP contribution >= 0.6 is 24.4 Å². The summed E-state index contributed by atoms with van der Waals surface area (Å²) in [4.78, 5) is 13.0. The van der Waals surface area contributed by atoms with Crippen LogP contribution in [0.5, 0.6) is 0 Å². The largest absolute Gasteiger partial charge is 0.458 e. The molecule has 112 valence electrons. The maximum atomic E-state index is 12.7. The molecule has 1 unspecified atom stereocenters. The van der Waals surface area contributed by atoms with Crippen LogP contribution in [0.1, 0.15) is 26.3 Å². The van der Waals surface area contributed by atoms with Crippen LogP contribution in [-0.2, 0) is 16.0 Å². The Balaban J connectivity index is 2.34. The molecule has 1 fully saturated rings. The third-order valence-electron chi connectivity index (χ3n) is 3.00. The minimum atomic E-state index is -1.14. The van der Waals surface area contributed by atoms with Crippen molar-refractivity contribution in [3.63, 3.8) is 0 Å². The summed E-state index contributed by atoms with van der Waals surface area (Å²) in [5.74, 6) is -0.420. The van der Waals surface area contributed by atoms with Gasteiger partial charge in [0.05, 0.1) is 0 Å². The molecule has 0 aromatic heterocycles. The molecule has 1 aliphatic heterocycles. The number of hydrogen-bond donors (Lipinski definition) is 2. The van der Waals surface area contributed by atoms with Gasteiger partial charge in [0.25, 0.3) is 0 Å². The summed E-state index contributed by atoms with van der Waals surface area (Å²) in [5.41, 5.74) is -0.756. The first-order valence-electron chi connectivity index (χ1n) is 6.64. The smallest absolute Gasteiger partial charge is 0.339 e. The Hall–Kier alpha value is -1.53. The van der Waals surface area contributed by atoms with E-state index in [1.165, 1.54) is 0 Å². The predicted molar refractivity (Wildman–Crippen MR) is 90.2 cm³/mol. The lowest BCUT2D eigenvalue weighted by Crippen LogP contribution is -2.57. The first kappa shape index (κ1) is 15.9. The van der Waals surface area contributed by atoms with Gasteiger partial charge in [-0.2, -0.15) is 0 Å². The molecule has 1 heterocycles. The molecule has 0 spiro atoms. The van der Waals surface area contributed by atoms with Crippen molar-refractivity contribution < 1.29 is 9.53 Å². The molecule has 0 bridgehead atoms. The number of hydrogen-bond acceptors (Lipinski definition) is 4. The number of carbonyl (C=O) groups is 1. The highest BCUT2D eigenvalue weighted by atomic mass is 32.1. The fourth-order valence-corrected chi connectivity index (χ4v) is 2.75. The van der Waals surface area contributed by atoms with Crippen molar-refractivity contribution >= 4 is 40.5 Å². The van der Waals surface area contributed by atoms with Crippen molar-refractivity contribution in [1.29, 1.82) is 0 Å². The molecule has 2 rings (SSSR count). The highest BCUT2D eigenvalue weighted by Gasteiger charge is 2.50. The van der Waals surface area contributed by atoms with E-state index in [-0.39, 0.29) is 0 Å². The zero-order valence-electron chi connectivity index (χ0n) is 12.2. The van der Waals surface area contributed by atoms with Crippen LogP contribution in [0.2, 0.25) is 0 Å². The third-order valence-corrected chi connectivity index (χ3v) is 3.66. The van der Waals surface area contributed by atoms with Gasteiger partial charge in [-0.15, -0.1) is 0 Å². The number of nitrogens with one attached hydrogen (secondary N) is 2. The van der Waals surface area contributed by atoms with Crippen molar-refractivity contribution in [3.8, 4) is 0 Å². The van der Waals surface area contributed by atoms with Gasteiger partial charge in [0, 0.05) is 6.42 Å². The van der Waals surface area contributed by atoms with Gasteiger partial charge in [0.2, 0.25) is 0 Å². The summed E-state index contributed by atoms with van der Waals surface area (Å²) in [6.07, 6.45) is 0.384. The van der Waals surface area contributed by atoms with Gasteiger partial charge in [0.1, 0.15) is 10.6 Å². The Bertz CT molecular complexity index is 581. The summed E-state index contributed by atoms with van der Waals surface area (Å²) in [6.45, 7) is 5.47. The van der Waals surface area contributed by atoms with E-state index in [2.05, 4.69) is 10.6 Å². The number of carbonyl (C=O) groups excluding carboxylic acids is 1. The van der Waals surface area contributed by atoms with Crippen molar-refractivity contribution in [3.05, 3.63) is 35.9 Å². The lowest BCUT2D eigenvalue weighted by atomic mass is 9.91. The van der Waals surface area contributed by atoms with Crippen LogP contribution < -0.4 is 10.6 Å². The van der Waals surface area contributed by atoms with Crippen LogP contribution in [0.4, 0.5) is 0 Å². The topological polar surface area (TPSA) is 50.4 Å². The van der Waals surface area contributed by atoms with Crippen molar-refractivity contribution in [2.45, 2.75) is 38.3 Å². The van der Waals surface area contributed by atoms with Gasteiger partial charge in [-0.25, -0.2) is 4.79 Å². The van der Waals surface area contributed by atoms with Gasteiger partial charge in [-0.05, 0) is 38.6 Å². The van der Waals surface area contributed by atoms with E-state index in [1.807, 2.05) is 51.1 Å². The average Bonchev–Trinajstić information content (AvgIpc) is 2.64.